The van der Waals surface area contributed by atoms with Gasteiger partial charge in [-0.1, -0.05) is 0 Å². The third-order valence-corrected chi connectivity index (χ3v) is 2.60. The summed E-state index contributed by atoms with van der Waals surface area (Å²) in [5.74, 6) is 0.911. The van der Waals surface area contributed by atoms with Gasteiger partial charge < -0.3 is 15.2 Å². The predicted molar refractivity (Wildman–Crippen MR) is 67.1 cm³/mol. The van der Waals surface area contributed by atoms with Gasteiger partial charge in [0, 0.05) is 18.3 Å². The van der Waals surface area contributed by atoms with E-state index in [1.54, 1.807) is 7.11 Å². The molecular weight excluding hydrogens is 202 g/mol. The lowest BCUT2D eigenvalue weighted by atomic mass is 10.1. The molecule has 16 heavy (non-hydrogen) atoms. The molecule has 0 bridgehead atoms. The van der Waals surface area contributed by atoms with E-state index < -0.39 is 0 Å². The summed E-state index contributed by atoms with van der Waals surface area (Å²) in [4.78, 5) is 0. The molecule has 0 heterocycles. The zero-order valence-electron chi connectivity index (χ0n) is 10.3. The largest absolute Gasteiger partial charge is 0.496 e. The number of benzene rings is 1. The highest BCUT2D eigenvalue weighted by molar-refractivity contribution is 5.51. The Kier molecular flexibility index (Phi) is 5.12. The lowest BCUT2D eigenvalue weighted by Crippen LogP contribution is -2.15. The third-order valence-electron chi connectivity index (χ3n) is 2.60. The summed E-state index contributed by atoms with van der Waals surface area (Å²) in [5.41, 5.74) is 2.23. The minimum absolute atomic E-state index is 0.258. The Hall–Kier alpha value is -1.22. The fourth-order valence-corrected chi connectivity index (χ4v) is 1.72. The van der Waals surface area contributed by atoms with E-state index in [1.165, 1.54) is 0 Å². The highest BCUT2D eigenvalue weighted by Gasteiger charge is 2.03. The Labute approximate surface area is 97.4 Å². The molecular formula is C13H21NO2. The van der Waals surface area contributed by atoms with Crippen molar-refractivity contribution < 1.29 is 9.84 Å². The highest BCUT2D eigenvalue weighted by Crippen LogP contribution is 2.22. The van der Waals surface area contributed by atoms with Gasteiger partial charge in [-0.15, -0.1) is 0 Å². The molecule has 0 radical (unpaired) electrons. The lowest BCUT2D eigenvalue weighted by Gasteiger charge is -2.15. The second kappa shape index (κ2) is 6.38. The van der Waals surface area contributed by atoms with Crippen molar-refractivity contribution in [2.45, 2.75) is 32.7 Å². The first-order valence-electron chi connectivity index (χ1n) is 5.69. The van der Waals surface area contributed by atoms with Crippen molar-refractivity contribution in [3.63, 3.8) is 0 Å². The van der Waals surface area contributed by atoms with Gasteiger partial charge in [-0.05, 0) is 50.5 Å². The SMILES string of the molecule is COc1ccc(NC(C)CCCO)cc1C. The van der Waals surface area contributed by atoms with Crippen LogP contribution in [-0.2, 0) is 0 Å². The fraction of sp³-hybridized carbons (Fsp3) is 0.538. The molecule has 3 nitrogen and oxygen atoms in total. The molecule has 2 N–H and O–H groups in total. The van der Waals surface area contributed by atoms with Crippen LogP contribution in [0.25, 0.3) is 0 Å². The van der Waals surface area contributed by atoms with Crippen molar-refractivity contribution in [1.82, 2.24) is 0 Å². The van der Waals surface area contributed by atoms with Gasteiger partial charge in [0.1, 0.15) is 5.75 Å². The monoisotopic (exact) mass is 223 g/mol. The number of methoxy groups -OCH3 is 1. The Morgan fingerprint density at radius 3 is 2.75 bits per heavy atom. The van der Waals surface area contributed by atoms with Crippen LogP contribution in [-0.4, -0.2) is 24.9 Å². The van der Waals surface area contributed by atoms with Crippen molar-refractivity contribution in [1.29, 1.82) is 0 Å². The van der Waals surface area contributed by atoms with Crippen molar-refractivity contribution >= 4 is 5.69 Å². The maximum atomic E-state index is 8.75. The lowest BCUT2D eigenvalue weighted by molar-refractivity contribution is 0.282. The van der Waals surface area contributed by atoms with E-state index in [1.807, 2.05) is 19.1 Å². The van der Waals surface area contributed by atoms with Gasteiger partial charge in [-0.3, -0.25) is 0 Å². The van der Waals surface area contributed by atoms with E-state index in [9.17, 15) is 0 Å². The van der Waals surface area contributed by atoms with Crippen molar-refractivity contribution in [2.75, 3.05) is 19.0 Å². The molecule has 0 aliphatic heterocycles. The van der Waals surface area contributed by atoms with Crippen molar-refractivity contribution in [3.05, 3.63) is 23.8 Å². The molecule has 1 aromatic carbocycles. The van der Waals surface area contributed by atoms with Gasteiger partial charge in [-0.25, -0.2) is 0 Å². The van der Waals surface area contributed by atoms with E-state index in [0.717, 1.165) is 29.8 Å². The minimum atomic E-state index is 0.258. The van der Waals surface area contributed by atoms with Gasteiger partial charge >= 0.3 is 0 Å². The molecule has 0 amide bonds. The fourth-order valence-electron chi connectivity index (χ4n) is 1.72. The number of ether oxygens (including phenoxy) is 1. The second-order valence-electron chi connectivity index (χ2n) is 4.10. The van der Waals surface area contributed by atoms with Crippen LogP contribution in [0, 0.1) is 6.92 Å². The first-order valence-corrected chi connectivity index (χ1v) is 5.69. The smallest absolute Gasteiger partial charge is 0.121 e. The normalized spacial score (nSPS) is 12.2. The summed E-state index contributed by atoms with van der Waals surface area (Å²) >= 11 is 0. The maximum absolute atomic E-state index is 8.75. The average Bonchev–Trinajstić information content (AvgIpc) is 2.26. The molecule has 0 aliphatic carbocycles. The molecule has 0 fully saturated rings. The summed E-state index contributed by atoms with van der Waals surface area (Å²) in [5, 5.41) is 12.2. The number of nitrogens with one attached hydrogen (secondary N) is 1. The topological polar surface area (TPSA) is 41.5 Å². The van der Waals surface area contributed by atoms with E-state index in [2.05, 4.69) is 18.3 Å². The first kappa shape index (κ1) is 12.8. The summed E-state index contributed by atoms with van der Waals surface area (Å²) in [6, 6.07) is 6.44. The molecule has 1 unspecified atom stereocenters. The Bertz CT molecular complexity index is 326. The van der Waals surface area contributed by atoms with E-state index in [0.29, 0.717) is 6.04 Å². The number of anilines is 1. The van der Waals surface area contributed by atoms with Crippen LogP contribution in [0.3, 0.4) is 0 Å². The summed E-state index contributed by atoms with van der Waals surface area (Å²) in [7, 11) is 1.68. The van der Waals surface area contributed by atoms with Gasteiger partial charge in [0.15, 0.2) is 0 Å². The standard InChI is InChI=1S/C13H21NO2/c1-10-9-12(6-7-13(10)16-3)14-11(2)5-4-8-15/h6-7,9,11,14-15H,4-5,8H2,1-3H3. The van der Waals surface area contributed by atoms with Gasteiger partial charge in [-0.2, -0.15) is 0 Å². The van der Waals surface area contributed by atoms with Crippen LogP contribution < -0.4 is 10.1 Å². The molecule has 0 aliphatic rings. The molecule has 0 spiro atoms. The van der Waals surface area contributed by atoms with Gasteiger partial charge in [0.2, 0.25) is 0 Å². The number of aliphatic hydroxyl groups excluding tert-OH is 1. The molecule has 3 heteroatoms. The Balaban J connectivity index is 2.57. The van der Waals surface area contributed by atoms with E-state index in [-0.39, 0.29) is 6.61 Å². The third kappa shape index (κ3) is 3.74. The second-order valence-corrected chi connectivity index (χ2v) is 4.10. The number of hydrogen-bond acceptors (Lipinski definition) is 3. The summed E-state index contributed by atoms with van der Waals surface area (Å²) in [6.07, 6.45) is 1.81. The van der Waals surface area contributed by atoms with Gasteiger partial charge in [0.05, 0.1) is 7.11 Å². The Morgan fingerprint density at radius 2 is 2.19 bits per heavy atom. The quantitative estimate of drug-likeness (QED) is 0.779. The summed E-state index contributed by atoms with van der Waals surface area (Å²) < 4.78 is 5.21. The molecule has 1 aromatic rings. The zero-order valence-corrected chi connectivity index (χ0v) is 10.3. The number of aryl methyl sites for hydroxylation is 1. The van der Waals surface area contributed by atoms with Crippen LogP contribution in [0.2, 0.25) is 0 Å². The molecule has 1 rings (SSSR count). The molecule has 1 atom stereocenters. The predicted octanol–water partition coefficient (Wildman–Crippen LogP) is 2.58. The molecule has 0 saturated carbocycles. The molecule has 90 valence electrons. The molecule has 0 aromatic heterocycles. The number of aliphatic hydroxyl groups is 1. The average molecular weight is 223 g/mol. The number of rotatable bonds is 6. The van der Waals surface area contributed by atoms with E-state index >= 15 is 0 Å². The van der Waals surface area contributed by atoms with Crippen LogP contribution in [0.4, 0.5) is 5.69 Å². The van der Waals surface area contributed by atoms with Crippen molar-refractivity contribution in [3.8, 4) is 5.75 Å². The van der Waals surface area contributed by atoms with Crippen LogP contribution in [0.15, 0.2) is 18.2 Å². The van der Waals surface area contributed by atoms with Gasteiger partial charge in [0.25, 0.3) is 0 Å². The number of hydrogen-bond donors (Lipinski definition) is 2. The van der Waals surface area contributed by atoms with Crippen LogP contribution >= 0.6 is 0 Å². The summed E-state index contributed by atoms with van der Waals surface area (Å²) in [6.45, 7) is 4.41. The maximum Gasteiger partial charge on any atom is 0.121 e. The zero-order chi connectivity index (χ0) is 12.0. The minimum Gasteiger partial charge on any atom is -0.496 e. The Morgan fingerprint density at radius 1 is 1.44 bits per heavy atom. The highest BCUT2D eigenvalue weighted by atomic mass is 16.5. The van der Waals surface area contributed by atoms with Crippen molar-refractivity contribution in [2.24, 2.45) is 0 Å². The molecule has 0 saturated heterocycles. The van der Waals surface area contributed by atoms with Crippen LogP contribution in [0.5, 0.6) is 5.75 Å². The van der Waals surface area contributed by atoms with E-state index in [4.69, 9.17) is 9.84 Å². The first-order chi connectivity index (χ1) is 7.67. The van der Waals surface area contributed by atoms with Crippen LogP contribution in [0.1, 0.15) is 25.3 Å².